The number of aromatic nitrogens is 2. The molecule has 2 aromatic rings. The number of nitrogens with zero attached hydrogens (tertiary/aromatic N) is 2. The highest BCUT2D eigenvalue weighted by Crippen LogP contribution is 2.38. The first-order chi connectivity index (χ1) is 8.85. The molecule has 1 saturated carbocycles. The summed E-state index contributed by atoms with van der Waals surface area (Å²) < 4.78 is 10.7. The fourth-order valence-electron chi connectivity index (χ4n) is 1.66. The molecule has 0 bridgehead atoms. The smallest absolute Gasteiger partial charge is 0.229 e. The van der Waals surface area contributed by atoms with E-state index in [-0.39, 0.29) is 6.61 Å². The maximum atomic E-state index is 8.92. The highest BCUT2D eigenvalue weighted by molar-refractivity contribution is 5.26. The van der Waals surface area contributed by atoms with Gasteiger partial charge in [0.05, 0.1) is 6.61 Å². The summed E-state index contributed by atoms with van der Waals surface area (Å²) in [5, 5.41) is 12.8. The summed E-state index contributed by atoms with van der Waals surface area (Å²) in [6, 6.07) is 7.27. The summed E-state index contributed by atoms with van der Waals surface area (Å²) in [6.07, 6.45) is 2.29. The molecule has 1 heterocycles. The van der Waals surface area contributed by atoms with Crippen molar-refractivity contribution < 1.29 is 14.4 Å². The zero-order chi connectivity index (χ0) is 12.4. The maximum Gasteiger partial charge on any atom is 0.229 e. The summed E-state index contributed by atoms with van der Waals surface area (Å²) in [5.41, 5.74) is 0.859. The lowest BCUT2D eigenvalue weighted by atomic mass is 10.2. The lowest BCUT2D eigenvalue weighted by Gasteiger charge is -2.03. The second kappa shape index (κ2) is 4.78. The molecule has 0 aliphatic heterocycles. The van der Waals surface area contributed by atoms with E-state index in [0.29, 0.717) is 18.3 Å². The molecular weight excluding hydrogens is 232 g/mol. The van der Waals surface area contributed by atoms with E-state index < -0.39 is 0 Å². The Morgan fingerprint density at radius 3 is 2.72 bits per heavy atom. The van der Waals surface area contributed by atoms with Crippen LogP contribution in [0.25, 0.3) is 0 Å². The lowest BCUT2D eigenvalue weighted by molar-refractivity contribution is 0.278. The van der Waals surface area contributed by atoms with Crippen LogP contribution in [0.1, 0.15) is 36.0 Å². The van der Waals surface area contributed by atoms with Gasteiger partial charge in [0.15, 0.2) is 6.61 Å². The standard InChI is InChI=1S/C13H14N2O3/c16-7-9-1-5-11(6-2-9)17-8-12-14-13(18-15-12)10-3-4-10/h1-2,5-6,10,16H,3-4,7-8H2. The van der Waals surface area contributed by atoms with Gasteiger partial charge in [-0.3, -0.25) is 0 Å². The molecule has 18 heavy (non-hydrogen) atoms. The highest BCUT2D eigenvalue weighted by Gasteiger charge is 2.29. The SMILES string of the molecule is OCc1ccc(OCc2noc(C3CC3)n2)cc1. The Kier molecular flexibility index (Phi) is 2.98. The Morgan fingerprint density at radius 1 is 1.28 bits per heavy atom. The van der Waals surface area contributed by atoms with Crippen LogP contribution >= 0.6 is 0 Å². The van der Waals surface area contributed by atoms with Gasteiger partial charge in [0, 0.05) is 5.92 Å². The minimum Gasteiger partial charge on any atom is -0.485 e. The summed E-state index contributed by atoms with van der Waals surface area (Å²) in [4.78, 5) is 4.28. The van der Waals surface area contributed by atoms with E-state index in [1.807, 2.05) is 24.3 Å². The van der Waals surface area contributed by atoms with Crippen molar-refractivity contribution in [3.8, 4) is 5.75 Å². The zero-order valence-electron chi connectivity index (χ0n) is 9.87. The van der Waals surface area contributed by atoms with Gasteiger partial charge in [0.25, 0.3) is 0 Å². The summed E-state index contributed by atoms with van der Waals surface area (Å²) in [5.74, 6) is 2.49. The second-order valence-electron chi connectivity index (χ2n) is 4.41. The molecule has 5 nitrogen and oxygen atoms in total. The highest BCUT2D eigenvalue weighted by atomic mass is 16.5. The van der Waals surface area contributed by atoms with Crippen molar-refractivity contribution in [2.24, 2.45) is 0 Å². The van der Waals surface area contributed by atoms with Crippen LogP contribution in [0.15, 0.2) is 28.8 Å². The number of rotatable bonds is 5. The first-order valence-electron chi connectivity index (χ1n) is 6.00. The molecule has 0 saturated heterocycles. The summed E-state index contributed by atoms with van der Waals surface area (Å²) >= 11 is 0. The first-order valence-corrected chi connectivity index (χ1v) is 6.00. The summed E-state index contributed by atoms with van der Waals surface area (Å²) in [7, 11) is 0. The van der Waals surface area contributed by atoms with Gasteiger partial charge in [0.1, 0.15) is 5.75 Å². The van der Waals surface area contributed by atoms with Crippen LogP contribution < -0.4 is 4.74 Å². The van der Waals surface area contributed by atoms with Crippen LogP contribution in [0, 0.1) is 0 Å². The number of benzene rings is 1. The zero-order valence-corrected chi connectivity index (χ0v) is 9.87. The van der Waals surface area contributed by atoms with Crippen molar-refractivity contribution in [1.82, 2.24) is 10.1 Å². The molecule has 1 aliphatic rings. The molecule has 0 radical (unpaired) electrons. The fourth-order valence-corrected chi connectivity index (χ4v) is 1.66. The Bertz CT molecular complexity index is 517. The van der Waals surface area contributed by atoms with Crippen molar-refractivity contribution >= 4 is 0 Å². The monoisotopic (exact) mass is 246 g/mol. The predicted octanol–water partition coefficient (Wildman–Crippen LogP) is 2.02. The number of hydrogen-bond donors (Lipinski definition) is 1. The van der Waals surface area contributed by atoms with E-state index in [4.69, 9.17) is 14.4 Å². The van der Waals surface area contributed by atoms with Gasteiger partial charge in [0.2, 0.25) is 11.7 Å². The number of hydrogen-bond acceptors (Lipinski definition) is 5. The van der Waals surface area contributed by atoms with Crippen LogP contribution in [-0.4, -0.2) is 15.2 Å². The van der Waals surface area contributed by atoms with E-state index in [0.717, 1.165) is 30.0 Å². The molecule has 1 aliphatic carbocycles. The van der Waals surface area contributed by atoms with Gasteiger partial charge in [-0.2, -0.15) is 4.98 Å². The van der Waals surface area contributed by atoms with Crippen molar-refractivity contribution in [2.75, 3.05) is 0 Å². The molecule has 0 unspecified atom stereocenters. The van der Waals surface area contributed by atoms with Crippen LogP contribution in [-0.2, 0) is 13.2 Å². The van der Waals surface area contributed by atoms with Crippen molar-refractivity contribution in [3.05, 3.63) is 41.5 Å². The Morgan fingerprint density at radius 2 is 2.06 bits per heavy atom. The predicted molar refractivity (Wildman–Crippen MR) is 63.0 cm³/mol. The minimum atomic E-state index is 0.0376. The Labute approximate surface area is 104 Å². The van der Waals surface area contributed by atoms with Gasteiger partial charge >= 0.3 is 0 Å². The number of aliphatic hydroxyl groups excluding tert-OH is 1. The van der Waals surface area contributed by atoms with Gasteiger partial charge in [-0.25, -0.2) is 0 Å². The molecule has 1 aromatic heterocycles. The van der Waals surface area contributed by atoms with Gasteiger partial charge in [-0.1, -0.05) is 17.3 Å². The Balaban J connectivity index is 1.58. The van der Waals surface area contributed by atoms with Crippen LogP contribution in [0.4, 0.5) is 0 Å². The Hall–Kier alpha value is -1.88. The average Bonchev–Trinajstić information content (AvgIpc) is 3.16. The molecule has 0 spiro atoms. The molecular formula is C13H14N2O3. The topological polar surface area (TPSA) is 68.4 Å². The third-order valence-corrected chi connectivity index (χ3v) is 2.88. The average molecular weight is 246 g/mol. The third-order valence-electron chi connectivity index (χ3n) is 2.88. The van der Waals surface area contributed by atoms with E-state index in [9.17, 15) is 0 Å². The van der Waals surface area contributed by atoms with Gasteiger partial charge in [-0.15, -0.1) is 0 Å². The van der Waals surface area contributed by atoms with Crippen molar-refractivity contribution in [3.63, 3.8) is 0 Å². The first kappa shape index (κ1) is 11.2. The number of aliphatic hydroxyl groups is 1. The maximum absolute atomic E-state index is 8.92. The molecule has 1 fully saturated rings. The molecule has 1 N–H and O–H groups in total. The van der Waals surface area contributed by atoms with Gasteiger partial charge < -0.3 is 14.4 Å². The van der Waals surface area contributed by atoms with Crippen LogP contribution in [0.2, 0.25) is 0 Å². The van der Waals surface area contributed by atoms with Gasteiger partial charge in [-0.05, 0) is 30.5 Å². The van der Waals surface area contributed by atoms with E-state index in [1.54, 1.807) is 0 Å². The van der Waals surface area contributed by atoms with Crippen molar-refractivity contribution in [1.29, 1.82) is 0 Å². The minimum absolute atomic E-state index is 0.0376. The summed E-state index contributed by atoms with van der Waals surface area (Å²) in [6.45, 7) is 0.338. The van der Waals surface area contributed by atoms with E-state index in [2.05, 4.69) is 10.1 Å². The normalized spacial score (nSPS) is 14.7. The lowest BCUT2D eigenvalue weighted by Crippen LogP contribution is -1.97. The molecule has 3 rings (SSSR count). The van der Waals surface area contributed by atoms with Crippen LogP contribution in [0.5, 0.6) is 5.75 Å². The largest absolute Gasteiger partial charge is 0.485 e. The molecule has 0 atom stereocenters. The number of ether oxygens (including phenoxy) is 1. The molecule has 1 aromatic carbocycles. The van der Waals surface area contributed by atoms with E-state index in [1.165, 1.54) is 0 Å². The van der Waals surface area contributed by atoms with Crippen LogP contribution in [0.3, 0.4) is 0 Å². The molecule has 0 amide bonds. The van der Waals surface area contributed by atoms with E-state index >= 15 is 0 Å². The third kappa shape index (κ3) is 2.51. The quantitative estimate of drug-likeness (QED) is 0.874. The fraction of sp³-hybridized carbons (Fsp3) is 0.385. The second-order valence-corrected chi connectivity index (χ2v) is 4.41. The van der Waals surface area contributed by atoms with Crippen molar-refractivity contribution in [2.45, 2.75) is 32.0 Å². The molecule has 94 valence electrons. The molecule has 5 heteroatoms.